The zero-order valence-corrected chi connectivity index (χ0v) is 9.92. The monoisotopic (exact) mass is 262 g/mol. The molecule has 0 saturated carbocycles. The maximum Gasteiger partial charge on any atom is 0.312 e. The molecule has 4 nitrogen and oxygen atoms in total. The van der Waals surface area contributed by atoms with Crippen molar-refractivity contribution in [3.8, 4) is 0 Å². The van der Waals surface area contributed by atoms with Gasteiger partial charge in [0.25, 0.3) is 0 Å². The van der Waals surface area contributed by atoms with Crippen LogP contribution in [-0.4, -0.2) is 53.1 Å². The van der Waals surface area contributed by atoms with Crippen LogP contribution in [0.4, 0.5) is 0 Å². The summed E-state index contributed by atoms with van der Waals surface area (Å²) in [6.07, 6.45) is 0.894. The van der Waals surface area contributed by atoms with Crippen molar-refractivity contribution in [2.24, 2.45) is 0 Å². The second kappa shape index (κ2) is 5.34. The van der Waals surface area contributed by atoms with E-state index in [1.807, 2.05) is 6.92 Å². The Morgan fingerprint density at radius 3 is 2.36 bits per heavy atom. The normalized spacial score (nSPS) is 17.9. The Balaban J connectivity index is 2.51. The molecule has 1 fully saturated rings. The van der Waals surface area contributed by atoms with Crippen molar-refractivity contribution in [1.82, 2.24) is 9.80 Å². The third-order valence-electron chi connectivity index (χ3n) is 2.34. The van der Waals surface area contributed by atoms with Gasteiger partial charge in [-0.3, -0.25) is 9.59 Å². The van der Waals surface area contributed by atoms with E-state index >= 15 is 0 Å². The average Bonchev–Trinajstić information content (AvgIpc) is 2.20. The van der Waals surface area contributed by atoms with Gasteiger partial charge >= 0.3 is 11.8 Å². The summed E-state index contributed by atoms with van der Waals surface area (Å²) >= 11 is 3.30. The highest BCUT2D eigenvalue weighted by Crippen LogP contribution is 2.05. The molecule has 0 spiro atoms. The fourth-order valence-corrected chi connectivity index (χ4v) is 1.73. The minimum absolute atomic E-state index is 0.348. The number of nitrogens with zero attached hydrogens (tertiary/aromatic N) is 2. The topological polar surface area (TPSA) is 40.6 Å². The zero-order valence-electron chi connectivity index (χ0n) is 8.33. The number of amides is 2. The average molecular weight is 263 g/mol. The predicted octanol–water partition coefficient (Wildman–Crippen LogP) is 0.462. The van der Waals surface area contributed by atoms with Crippen LogP contribution < -0.4 is 0 Å². The molecule has 0 unspecified atom stereocenters. The largest absolute Gasteiger partial charge is 0.333 e. The maximum atomic E-state index is 11.5. The Morgan fingerprint density at radius 1 is 1.21 bits per heavy atom. The summed E-state index contributed by atoms with van der Waals surface area (Å²) in [5.74, 6) is -0.702. The smallest absolute Gasteiger partial charge is 0.312 e. The lowest BCUT2D eigenvalue weighted by Gasteiger charge is -2.32. The zero-order chi connectivity index (χ0) is 10.6. The van der Waals surface area contributed by atoms with Gasteiger partial charge in [0, 0.05) is 31.5 Å². The minimum atomic E-state index is -0.353. The minimum Gasteiger partial charge on any atom is -0.333 e. The maximum absolute atomic E-state index is 11.5. The predicted molar refractivity (Wildman–Crippen MR) is 57.2 cm³/mol. The Bertz CT molecular complexity index is 233. The van der Waals surface area contributed by atoms with Crippen molar-refractivity contribution >= 4 is 27.7 Å². The summed E-state index contributed by atoms with van der Waals surface area (Å²) in [5, 5.41) is 0.864. The first-order chi connectivity index (χ1) is 6.70. The van der Waals surface area contributed by atoms with Gasteiger partial charge < -0.3 is 9.80 Å². The first-order valence-electron chi connectivity index (χ1n) is 4.84. The molecular weight excluding hydrogens is 248 g/mol. The molecule has 1 saturated heterocycles. The molecule has 0 aliphatic carbocycles. The first-order valence-corrected chi connectivity index (χ1v) is 5.97. The molecule has 0 atom stereocenters. The van der Waals surface area contributed by atoms with E-state index in [0.29, 0.717) is 26.2 Å². The molecule has 5 heteroatoms. The van der Waals surface area contributed by atoms with Crippen molar-refractivity contribution in [3.05, 3.63) is 0 Å². The van der Waals surface area contributed by atoms with Gasteiger partial charge in [-0.15, -0.1) is 0 Å². The first kappa shape index (κ1) is 11.5. The number of hydrogen-bond donors (Lipinski definition) is 0. The van der Waals surface area contributed by atoms with Crippen molar-refractivity contribution in [3.63, 3.8) is 0 Å². The van der Waals surface area contributed by atoms with Crippen molar-refractivity contribution in [1.29, 1.82) is 0 Å². The van der Waals surface area contributed by atoms with Gasteiger partial charge in [0.2, 0.25) is 0 Å². The number of halogens is 1. The number of piperazine rings is 1. The number of rotatable bonds is 4. The fraction of sp³-hybridized carbons (Fsp3) is 0.778. The molecule has 0 N–H and O–H groups in total. The van der Waals surface area contributed by atoms with Gasteiger partial charge in [-0.25, -0.2) is 0 Å². The molecule has 0 aromatic carbocycles. The summed E-state index contributed by atoms with van der Waals surface area (Å²) in [7, 11) is 0. The van der Waals surface area contributed by atoms with E-state index in [-0.39, 0.29) is 11.8 Å². The second-order valence-electron chi connectivity index (χ2n) is 3.22. The summed E-state index contributed by atoms with van der Waals surface area (Å²) in [5.41, 5.74) is 0. The highest BCUT2D eigenvalue weighted by atomic mass is 79.9. The molecule has 1 rings (SSSR count). The summed E-state index contributed by atoms with van der Waals surface area (Å²) in [4.78, 5) is 26.2. The summed E-state index contributed by atoms with van der Waals surface area (Å²) in [6, 6.07) is 0. The summed E-state index contributed by atoms with van der Waals surface area (Å²) in [6.45, 7) is 4.53. The van der Waals surface area contributed by atoms with Crippen LogP contribution in [0, 0.1) is 0 Å². The quantitative estimate of drug-likeness (QED) is 0.546. The van der Waals surface area contributed by atoms with E-state index in [1.54, 1.807) is 9.80 Å². The molecule has 1 aliphatic heterocycles. The molecule has 14 heavy (non-hydrogen) atoms. The van der Waals surface area contributed by atoms with Crippen LogP contribution in [0.1, 0.15) is 13.3 Å². The second-order valence-corrected chi connectivity index (χ2v) is 4.01. The van der Waals surface area contributed by atoms with Crippen LogP contribution in [0.3, 0.4) is 0 Å². The number of carbonyl (C=O) groups is 2. The lowest BCUT2D eigenvalue weighted by Crippen LogP contribution is -2.54. The van der Waals surface area contributed by atoms with E-state index in [4.69, 9.17) is 0 Å². The SMILES string of the molecule is CCN1CCN(CCCBr)C(=O)C1=O. The number of carbonyl (C=O) groups excluding carboxylic acids is 2. The van der Waals surface area contributed by atoms with Gasteiger partial charge in [-0.1, -0.05) is 15.9 Å². The van der Waals surface area contributed by atoms with Gasteiger partial charge in [0.15, 0.2) is 0 Å². The number of alkyl halides is 1. The van der Waals surface area contributed by atoms with Crippen LogP contribution in [0.5, 0.6) is 0 Å². The fourth-order valence-electron chi connectivity index (χ4n) is 1.48. The lowest BCUT2D eigenvalue weighted by molar-refractivity contribution is -0.155. The Labute approximate surface area is 92.4 Å². The van der Waals surface area contributed by atoms with Crippen molar-refractivity contribution < 1.29 is 9.59 Å². The van der Waals surface area contributed by atoms with E-state index < -0.39 is 0 Å². The summed E-state index contributed by atoms with van der Waals surface area (Å²) < 4.78 is 0. The molecule has 0 radical (unpaired) electrons. The molecule has 2 amide bonds. The van der Waals surface area contributed by atoms with Crippen LogP contribution in [0.25, 0.3) is 0 Å². The van der Waals surface area contributed by atoms with Gasteiger partial charge in [-0.2, -0.15) is 0 Å². The van der Waals surface area contributed by atoms with Crippen molar-refractivity contribution in [2.45, 2.75) is 13.3 Å². The van der Waals surface area contributed by atoms with Gasteiger partial charge in [-0.05, 0) is 13.3 Å². The highest BCUT2D eigenvalue weighted by molar-refractivity contribution is 9.09. The third-order valence-corrected chi connectivity index (χ3v) is 2.90. The van der Waals surface area contributed by atoms with Crippen molar-refractivity contribution in [2.75, 3.05) is 31.5 Å². The van der Waals surface area contributed by atoms with Crippen LogP contribution in [0.2, 0.25) is 0 Å². The van der Waals surface area contributed by atoms with E-state index in [9.17, 15) is 9.59 Å². The third kappa shape index (κ3) is 2.47. The molecule has 0 aromatic rings. The number of hydrogen-bond acceptors (Lipinski definition) is 2. The molecule has 1 heterocycles. The van der Waals surface area contributed by atoms with Crippen LogP contribution in [0.15, 0.2) is 0 Å². The van der Waals surface area contributed by atoms with E-state index in [2.05, 4.69) is 15.9 Å². The van der Waals surface area contributed by atoms with Crippen LogP contribution >= 0.6 is 15.9 Å². The lowest BCUT2D eigenvalue weighted by atomic mass is 10.2. The molecule has 1 aliphatic rings. The van der Waals surface area contributed by atoms with E-state index in [0.717, 1.165) is 11.8 Å². The highest BCUT2D eigenvalue weighted by Gasteiger charge is 2.30. The van der Waals surface area contributed by atoms with Gasteiger partial charge in [0.05, 0.1) is 0 Å². The number of likely N-dealkylation sites (N-methyl/N-ethyl adjacent to an activating group) is 1. The Hall–Kier alpha value is -0.580. The van der Waals surface area contributed by atoms with E-state index in [1.165, 1.54) is 0 Å². The molecule has 80 valence electrons. The molecule has 0 bridgehead atoms. The Morgan fingerprint density at radius 2 is 1.79 bits per heavy atom. The standard InChI is InChI=1S/C9H15BrN2O2/c1-2-11-6-7-12(5-3-4-10)9(14)8(11)13/h2-7H2,1H3. The molecular formula is C9H15BrN2O2. The Kier molecular flexibility index (Phi) is 4.38. The molecule has 0 aromatic heterocycles. The van der Waals surface area contributed by atoms with Gasteiger partial charge in [0.1, 0.15) is 0 Å². The van der Waals surface area contributed by atoms with Crippen LogP contribution in [-0.2, 0) is 9.59 Å².